The van der Waals surface area contributed by atoms with Gasteiger partial charge in [-0.05, 0) is 118 Å². The first-order valence-electron chi connectivity index (χ1n) is 31.2. The summed E-state index contributed by atoms with van der Waals surface area (Å²) >= 11 is 0. The molecule has 96 heavy (non-hydrogen) atoms. The fourth-order valence-corrected chi connectivity index (χ4v) is 11.7. The number of carbonyl (C=O) groups excluding carboxylic acids is 7. The van der Waals surface area contributed by atoms with Crippen molar-refractivity contribution in [2.45, 2.75) is 90.4 Å². The van der Waals surface area contributed by atoms with Gasteiger partial charge in [-0.15, -0.1) is 0 Å². The molecule has 0 radical (unpaired) electrons. The third-order valence-corrected chi connectivity index (χ3v) is 16.8. The molecule has 492 valence electrons. The molecule has 6 amide bonds. The number of nitrogens with one attached hydrogen (secondary N) is 6. The maximum atomic E-state index is 13.6. The zero-order valence-corrected chi connectivity index (χ0v) is 53.3. The van der Waals surface area contributed by atoms with E-state index in [1.54, 1.807) is 76.2 Å². The van der Waals surface area contributed by atoms with Crippen molar-refractivity contribution in [1.82, 2.24) is 21.3 Å². The van der Waals surface area contributed by atoms with Crippen LogP contribution in [-0.4, -0.2) is 89.2 Å². The lowest BCUT2D eigenvalue weighted by Gasteiger charge is -2.24. The molecule has 8 aromatic carbocycles. The summed E-state index contributed by atoms with van der Waals surface area (Å²) < 4.78 is 22.6. The van der Waals surface area contributed by atoms with Gasteiger partial charge in [0.1, 0.15) is 48.9 Å². The second-order valence-electron chi connectivity index (χ2n) is 24.1. The van der Waals surface area contributed by atoms with Gasteiger partial charge in [0.2, 0.25) is 23.6 Å². The largest absolute Gasteiger partial charge is 0.519 e. The summed E-state index contributed by atoms with van der Waals surface area (Å²) in [5.41, 5.74) is 10.1. The van der Waals surface area contributed by atoms with Crippen molar-refractivity contribution in [1.29, 1.82) is 0 Å². The number of rotatable bonds is 24. The number of nitro benzene ring substituents is 2. The fourth-order valence-electron chi connectivity index (χ4n) is 11.7. The molecule has 10 rings (SSSR count). The quantitative estimate of drug-likeness (QED) is 0.0142. The third-order valence-electron chi connectivity index (χ3n) is 16.8. The highest BCUT2D eigenvalue weighted by Crippen LogP contribution is 2.46. The fraction of sp³-hybridized carbons (Fsp3) is 0.247. The molecule has 0 aromatic heterocycles. The van der Waals surface area contributed by atoms with Crippen molar-refractivity contribution in [2.24, 2.45) is 11.8 Å². The van der Waals surface area contributed by atoms with Crippen LogP contribution < -0.4 is 41.4 Å². The topological polar surface area (TPSA) is 315 Å². The number of nitro groups is 2. The van der Waals surface area contributed by atoms with Crippen LogP contribution in [0.4, 0.5) is 37.1 Å². The van der Waals surface area contributed by atoms with E-state index >= 15 is 0 Å². The number of fused-ring (bicyclic) bond motifs is 6. The van der Waals surface area contributed by atoms with Crippen molar-refractivity contribution < 1.29 is 62.4 Å². The summed E-state index contributed by atoms with van der Waals surface area (Å²) in [7, 11) is 0. The number of hydrogen-bond acceptors (Lipinski definition) is 15. The van der Waals surface area contributed by atoms with E-state index in [9.17, 15) is 53.8 Å². The van der Waals surface area contributed by atoms with Crippen molar-refractivity contribution in [3.05, 3.63) is 247 Å². The van der Waals surface area contributed by atoms with E-state index in [0.29, 0.717) is 22.5 Å². The molecular formula is C73H70N8O15. The van der Waals surface area contributed by atoms with Crippen LogP contribution in [0.25, 0.3) is 22.3 Å². The minimum Gasteiger partial charge on any atom is -0.449 e. The van der Waals surface area contributed by atoms with Gasteiger partial charge in [-0.25, -0.2) is 14.4 Å². The lowest BCUT2D eigenvalue weighted by Crippen LogP contribution is -2.53. The number of alkyl carbamates (subject to hydrolysis) is 2. The Labute approximate surface area is 552 Å². The highest BCUT2D eigenvalue weighted by molar-refractivity contribution is 5.99. The van der Waals surface area contributed by atoms with Crippen molar-refractivity contribution in [3.8, 4) is 33.8 Å². The Morgan fingerprint density at radius 1 is 0.417 bits per heavy atom. The van der Waals surface area contributed by atoms with Gasteiger partial charge in [0.15, 0.2) is 0 Å². The monoisotopic (exact) mass is 1300 g/mol. The number of carbonyl (C=O) groups is 7. The SMILES string of the molecule is CC(C)[C@H](NC(=O)OCC1c2ccccc2-c2ccccc21)C(=O)N[C@@H](C)C(=O)Nc1ccc(Cc2cc([N+](=O)[O-])ccc2OC(=O)Oc2ccc([N+](=O)[O-])cc2Cc2ccc(NC(=O)[C@H](C)NC(=O)[C@@H](NC(=O)OCC3c4ccccc4-c4ccccc43)C(C)C)cc2)cc1. The Morgan fingerprint density at radius 3 is 1.05 bits per heavy atom. The van der Waals surface area contributed by atoms with E-state index in [2.05, 4.69) is 31.9 Å². The molecular weight excluding hydrogens is 1230 g/mol. The maximum Gasteiger partial charge on any atom is 0.519 e. The maximum absolute atomic E-state index is 13.6. The third kappa shape index (κ3) is 16.0. The molecule has 0 bridgehead atoms. The van der Waals surface area contributed by atoms with Crippen LogP contribution in [-0.2, 0) is 41.5 Å². The predicted octanol–water partition coefficient (Wildman–Crippen LogP) is 12.3. The molecule has 0 unspecified atom stereocenters. The number of non-ortho nitro benzene ring substituents is 2. The second kappa shape index (κ2) is 29.9. The van der Waals surface area contributed by atoms with Gasteiger partial charge >= 0.3 is 18.3 Å². The van der Waals surface area contributed by atoms with Crippen LogP contribution in [0.2, 0.25) is 0 Å². The van der Waals surface area contributed by atoms with Crippen LogP contribution >= 0.6 is 0 Å². The molecule has 4 atom stereocenters. The molecule has 0 saturated heterocycles. The zero-order valence-electron chi connectivity index (χ0n) is 53.3. The lowest BCUT2D eigenvalue weighted by atomic mass is 9.98. The van der Waals surface area contributed by atoms with E-state index in [-0.39, 0.29) is 83.7 Å². The van der Waals surface area contributed by atoms with Gasteiger partial charge in [-0.1, -0.05) is 149 Å². The lowest BCUT2D eigenvalue weighted by molar-refractivity contribution is -0.385. The van der Waals surface area contributed by atoms with Gasteiger partial charge in [-0.3, -0.25) is 39.4 Å². The zero-order chi connectivity index (χ0) is 68.3. The Bertz CT molecular complexity index is 3930. The van der Waals surface area contributed by atoms with E-state index in [1.807, 2.05) is 97.1 Å². The summed E-state index contributed by atoms with van der Waals surface area (Å²) in [6.07, 6.45) is -2.85. The van der Waals surface area contributed by atoms with Crippen LogP contribution in [0.3, 0.4) is 0 Å². The van der Waals surface area contributed by atoms with Gasteiger partial charge in [0, 0.05) is 71.4 Å². The van der Waals surface area contributed by atoms with Crippen LogP contribution in [0.5, 0.6) is 11.5 Å². The van der Waals surface area contributed by atoms with Gasteiger partial charge in [-0.2, -0.15) is 0 Å². The number of nitrogens with zero attached hydrogens (tertiary/aromatic N) is 2. The van der Waals surface area contributed by atoms with Crippen LogP contribution in [0.15, 0.2) is 182 Å². The van der Waals surface area contributed by atoms with Crippen LogP contribution in [0.1, 0.15) is 97.9 Å². The molecule has 0 spiro atoms. The number of ether oxygens (including phenoxy) is 4. The Hall–Kier alpha value is -11.8. The molecule has 0 saturated carbocycles. The number of amides is 6. The van der Waals surface area contributed by atoms with Crippen molar-refractivity contribution in [3.63, 3.8) is 0 Å². The first kappa shape index (κ1) is 67.1. The first-order chi connectivity index (χ1) is 46.1. The minimum absolute atomic E-state index is 0.00712. The van der Waals surface area contributed by atoms with Gasteiger partial charge in [0.05, 0.1) is 9.85 Å². The second-order valence-corrected chi connectivity index (χ2v) is 24.1. The Balaban J connectivity index is 0.706. The predicted molar refractivity (Wildman–Crippen MR) is 357 cm³/mol. The number of hydrogen-bond donors (Lipinski definition) is 6. The van der Waals surface area contributed by atoms with Crippen LogP contribution in [0, 0.1) is 32.1 Å². The highest BCUT2D eigenvalue weighted by atomic mass is 16.7. The average Bonchev–Trinajstić information content (AvgIpc) is 1.63. The van der Waals surface area contributed by atoms with E-state index in [1.165, 1.54) is 38.1 Å². The summed E-state index contributed by atoms with van der Waals surface area (Å²) in [6, 6.07) is 47.6. The van der Waals surface area contributed by atoms with E-state index < -0.39 is 76.0 Å². The molecule has 23 heteroatoms. The number of anilines is 2. The molecule has 6 N–H and O–H groups in total. The molecule has 0 aliphatic heterocycles. The van der Waals surface area contributed by atoms with Gasteiger partial charge in [0.25, 0.3) is 11.4 Å². The molecule has 23 nitrogen and oxygen atoms in total. The Kier molecular flexibility index (Phi) is 20.9. The van der Waals surface area contributed by atoms with Gasteiger partial charge < -0.3 is 50.8 Å². The van der Waals surface area contributed by atoms with E-state index in [0.717, 1.165) is 56.6 Å². The summed E-state index contributed by atoms with van der Waals surface area (Å²) in [5, 5.41) is 40.0. The molecule has 2 aliphatic carbocycles. The number of benzene rings is 8. The van der Waals surface area contributed by atoms with Crippen molar-refractivity contribution in [2.75, 3.05) is 23.8 Å². The summed E-state index contributed by atoms with van der Waals surface area (Å²) in [4.78, 5) is 116. The first-order valence-corrected chi connectivity index (χ1v) is 31.2. The molecule has 2 aliphatic rings. The summed E-state index contributed by atoms with van der Waals surface area (Å²) in [6.45, 7) is 10.1. The molecule has 0 heterocycles. The highest BCUT2D eigenvalue weighted by Gasteiger charge is 2.34. The van der Waals surface area contributed by atoms with Crippen molar-refractivity contribution >= 4 is 64.7 Å². The van der Waals surface area contributed by atoms with E-state index in [4.69, 9.17) is 18.9 Å². The average molecular weight is 1300 g/mol. The minimum atomic E-state index is -1.26. The standard InChI is InChI=1S/C73H70N8O15/c1-41(2)65(78-71(86)93-39-61-57-19-11-7-15-53(57)54-16-8-12-20-58(54)61)69(84)74-43(5)67(82)76-49-27-23-45(24-28-49)35-47-37-51(80(89)90)31-33-63(47)95-73(88)96-64-34-32-52(81(91)92)38-48(64)36-46-25-29-50(30-26-46)77-68(83)44(6)75-70(85)66(42(3)4)79-72(87)94-40-62-59-21-13-9-17-55(59)56-18-10-14-22-60(56)62/h7-34,37-38,41-44,61-62,65-66H,35-36,39-40H2,1-6H3,(H,74,84)(H,75,85)(H,76,82)(H,77,83)(H,78,86)(H,79,87)/t43-,44-,65-,66-/m0/s1. The smallest absolute Gasteiger partial charge is 0.449 e. The normalized spacial score (nSPS) is 13.2. The molecule has 0 fully saturated rings. The Morgan fingerprint density at radius 2 is 0.740 bits per heavy atom. The summed E-state index contributed by atoms with van der Waals surface area (Å²) in [5.74, 6) is -3.66. The molecule has 8 aromatic rings.